The molecule has 2 rings (SSSR count). The van der Waals surface area contributed by atoms with Gasteiger partial charge in [0.1, 0.15) is 0 Å². The lowest BCUT2D eigenvalue weighted by molar-refractivity contribution is -0.138. The van der Waals surface area contributed by atoms with Crippen molar-refractivity contribution in [3.63, 3.8) is 0 Å². The Kier molecular flexibility index (Phi) is 7.75. The second kappa shape index (κ2) is 8.90. The van der Waals surface area contributed by atoms with Gasteiger partial charge in [0.05, 0.1) is 5.56 Å². The number of carbonyl (C=O) groups excluding carboxylic acids is 1. The number of rotatable bonds is 4. The van der Waals surface area contributed by atoms with E-state index in [-0.39, 0.29) is 41.9 Å². The molecule has 1 saturated heterocycles. The third kappa shape index (κ3) is 5.61. The lowest BCUT2D eigenvalue weighted by Gasteiger charge is -2.30. The largest absolute Gasteiger partial charge is 0.416 e. The van der Waals surface area contributed by atoms with Crippen molar-refractivity contribution in [1.29, 1.82) is 0 Å². The summed E-state index contributed by atoms with van der Waals surface area (Å²) in [5.74, 6) is -0.563. The van der Waals surface area contributed by atoms with Gasteiger partial charge in [-0.1, -0.05) is 25.1 Å². The Morgan fingerprint density at radius 3 is 2.52 bits per heavy atom. The molecule has 0 aliphatic carbocycles. The molecule has 1 aromatic rings. The van der Waals surface area contributed by atoms with Gasteiger partial charge >= 0.3 is 6.18 Å². The number of alkyl halides is 3. The van der Waals surface area contributed by atoms with Crippen LogP contribution in [-0.2, 0) is 11.0 Å². The van der Waals surface area contributed by atoms with E-state index in [0.29, 0.717) is 0 Å². The summed E-state index contributed by atoms with van der Waals surface area (Å²) in [7, 11) is 0. The highest BCUT2D eigenvalue weighted by atomic mass is 35.5. The molecule has 0 spiro atoms. The minimum Gasteiger partial charge on any atom is -0.353 e. The van der Waals surface area contributed by atoms with Crippen LogP contribution in [0.5, 0.6) is 0 Å². The number of nitrogens with one attached hydrogen (secondary N) is 2. The maximum Gasteiger partial charge on any atom is 0.416 e. The molecular formula is C18H26ClF3N2O. The van der Waals surface area contributed by atoms with Crippen molar-refractivity contribution in [1.82, 2.24) is 10.6 Å². The van der Waals surface area contributed by atoms with Gasteiger partial charge < -0.3 is 10.6 Å². The van der Waals surface area contributed by atoms with Crippen molar-refractivity contribution in [3.05, 3.63) is 35.4 Å². The van der Waals surface area contributed by atoms with Gasteiger partial charge in [0, 0.05) is 23.9 Å². The Morgan fingerprint density at radius 1 is 1.28 bits per heavy atom. The van der Waals surface area contributed by atoms with Crippen LogP contribution in [0.4, 0.5) is 13.2 Å². The Morgan fingerprint density at radius 2 is 1.92 bits per heavy atom. The van der Waals surface area contributed by atoms with E-state index in [4.69, 9.17) is 0 Å². The number of benzene rings is 1. The molecule has 0 saturated carbocycles. The van der Waals surface area contributed by atoms with Crippen molar-refractivity contribution < 1.29 is 18.0 Å². The molecule has 0 bridgehead atoms. The average Bonchev–Trinajstić information content (AvgIpc) is 2.53. The number of piperidine rings is 1. The van der Waals surface area contributed by atoms with Crippen molar-refractivity contribution >= 4 is 18.3 Å². The molecule has 25 heavy (non-hydrogen) atoms. The summed E-state index contributed by atoms with van der Waals surface area (Å²) in [5, 5.41) is 6.20. The second-order valence-electron chi connectivity index (χ2n) is 6.75. The van der Waals surface area contributed by atoms with E-state index in [2.05, 4.69) is 10.6 Å². The highest BCUT2D eigenvalue weighted by molar-refractivity contribution is 5.85. The first-order valence-corrected chi connectivity index (χ1v) is 8.40. The molecule has 2 unspecified atom stereocenters. The van der Waals surface area contributed by atoms with Gasteiger partial charge in [-0.2, -0.15) is 13.2 Å². The van der Waals surface area contributed by atoms with E-state index < -0.39 is 17.7 Å². The molecule has 3 nitrogen and oxygen atoms in total. The van der Waals surface area contributed by atoms with Crippen LogP contribution < -0.4 is 10.6 Å². The zero-order valence-corrected chi connectivity index (χ0v) is 15.5. The van der Waals surface area contributed by atoms with E-state index in [1.54, 1.807) is 19.9 Å². The van der Waals surface area contributed by atoms with Gasteiger partial charge in [-0.3, -0.25) is 4.79 Å². The predicted octanol–water partition coefficient (Wildman–Crippen LogP) is 4.12. The lowest BCUT2D eigenvalue weighted by Crippen LogP contribution is -2.45. The van der Waals surface area contributed by atoms with Crippen molar-refractivity contribution in [3.8, 4) is 0 Å². The van der Waals surface area contributed by atoms with Crippen molar-refractivity contribution in [2.24, 2.45) is 5.92 Å². The average molecular weight is 379 g/mol. The predicted molar refractivity (Wildman–Crippen MR) is 94.9 cm³/mol. The zero-order valence-electron chi connectivity index (χ0n) is 14.7. The summed E-state index contributed by atoms with van der Waals surface area (Å²) in [4.78, 5) is 12.4. The molecular weight excluding hydrogens is 353 g/mol. The molecule has 0 radical (unpaired) electrons. The number of halogens is 4. The highest BCUT2D eigenvalue weighted by Crippen LogP contribution is 2.36. The van der Waals surface area contributed by atoms with Crippen LogP contribution in [-0.4, -0.2) is 24.5 Å². The summed E-state index contributed by atoms with van der Waals surface area (Å²) in [6.45, 7) is 6.31. The standard InChI is InChI=1S/C18H25F3N2O.ClH/c1-11-10-14(8-9-22-11)17(24)23-13(3)12(2)15-6-4-5-7-16(15)18(19,20)21;/h4-7,11-14,22H,8-10H2,1-3H3,(H,23,24);1H/t11-,12?,13?,14-;/m0./s1. The monoisotopic (exact) mass is 378 g/mol. The van der Waals surface area contributed by atoms with Crippen molar-refractivity contribution in [2.75, 3.05) is 6.54 Å². The van der Waals surface area contributed by atoms with Gasteiger partial charge in [-0.05, 0) is 44.9 Å². The Hall–Kier alpha value is -1.27. The van der Waals surface area contributed by atoms with Gasteiger partial charge in [0.2, 0.25) is 5.91 Å². The van der Waals surface area contributed by atoms with E-state index in [1.807, 2.05) is 6.92 Å². The molecule has 1 fully saturated rings. The molecule has 2 N–H and O–H groups in total. The maximum absolute atomic E-state index is 13.2. The Bertz CT molecular complexity index is 580. The van der Waals surface area contributed by atoms with E-state index >= 15 is 0 Å². The topological polar surface area (TPSA) is 41.1 Å². The number of amides is 1. The second-order valence-corrected chi connectivity index (χ2v) is 6.75. The first-order chi connectivity index (χ1) is 11.2. The molecule has 1 aliphatic rings. The van der Waals surface area contributed by atoms with Gasteiger partial charge in [0.15, 0.2) is 0 Å². The molecule has 1 heterocycles. The summed E-state index contributed by atoms with van der Waals surface area (Å²) >= 11 is 0. The first kappa shape index (κ1) is 21.8. The minimum atomic E-state index is -4.39. The normalized spacial score (nSPS) is 23.3. The number of carbonyl (C=O) groups is 1. The first-order valence-electron chi connectivity index (χ1n) is 8.40. The molecule has 142 valence electrons. The van der Waals surface area contributed by atoms with Gasteiger partial charge in [-0.25, -0.2) is 0 Å². The minimum absolute atomic E-state index is 0. The van der Waals surface area contributed by atoms with Crippen LogP contribution in [0.1, 0.15) is 50.7 Å². The molecule has 1 aromatic carbocycles. The van der Waals surface area contributed by atoms with Crippen LogP contribution in [0.3, 0.4) is 0 Å². The summed E-state index contributed by atoms with van der Waals surface area (Å²) in [6, 6.07) is 5.49. The fourth-order valence-corrected chi connectivity index (χ4v) is 3.26. The maximum atomic E-state index is 13.2. The molecule has 7 heteroatoms. The smallest absolute Gasteiger partial charge is 0.353 e. The summed E-state index contributed by atoms with van der Waals surface area (Å²) in [6.07, 6.45) is -2.87. The Balaban J connectivity index is 0.00000312. The molecule has 4 atom stereocenters. The Labute approximate surface area is 153 Å². The van der Waals surface area contributed by atoms with Gasteiger partial charge in [0.25, 0.3) is 0 Å². The molecule has 0 aromatic heterocycles. The third-order valence-electron chi connectivity index (χ3n) is 4.87. The van der Waals surface area contributed by atoms with E-state index in [9.17, 15) is 18.0 Å². The van der Waals surface area contributed by atoms with Crippen LogP contribution in [0, 0.1) is 5.92 Å². The quantitative estimate of drug-likeness (QED) is 0.827. The van der Waals surface area contributed by atoms with Crippen molar-refractivity contribution in [2.45, 2.75) is 57.8 Å². The van der Waals surface area contributed by atoms with Crippen LogP contribution in [0.2, 0.25) is 0 Å². The lowest BCUT2D eigenvalue weighted by atomic mass is 9.88. The SMILES string of the molecule is CC(NC(=O)[C@H]1CCN[C@@H](C)C1)C(C)c1ccccc1C(F)(F)F.Cl. The van der Waals surface area contributed by atoms with E-state index in [1.165, 1.54) is 12.1 Å². The van der Waals surface area contributed by atoms with Crippen LogP contribution in [0.25, 0.3) is 0 Å². The fraction of sp³-hybridized carbons (Fsp3) is 0.611. The highest BCUT2D eigenvalue weighted by Gasteiger charge is 2.35. The van der Waals surface area contributed by atoms with Crippen LogP contribution in [0.15, 0.2) is 24.3 Å². The number of hydrogen-bond acceptors (Lipinski definition) is 2. The number of hydrogen-bond donors (Lipinski definition) is 2. The summed E-state index contributed by atoms with van der Waals surface area (Å²) < 4.78 is 39.5. The molecule has 1 amide bonds. The third-order valence-corrected chi connectivity index (χ3v) is 4.87. The summed E-state index contributed by atoms with van der Waals surface area (Å²) in [5.41, 5.74) is -0.412. The fourth-order valence-electron chi connectivity index (χ4n) is 3.26. The van der Waals surface area contributed by atoms with Gasteiger partial charge in [-0.15, -0.1) is 12.4 Å². The molecule has 1 aliphatic heterocycles. The zero-order chi connectivity index (χ0) is 17.9. The van der Waals surface area contributed by atoms with E-state index in [0.717, 1.165) is 25.5 Å². The van der Waals surface area contributed by atoms with Crippen LogP contribution >= 0.6 is 12.4 Å².